The summed E-state index contributed by atoms with van der Waals surface area (Å²) in [5.41, 5.74) is 5.75. The summed E-state index contributed by atoms with van der Waals surface area (Å²) in [4.78, 5) is 0. The lowest BCUT2D eigenvalue weighted by molar-refractivity contribution is -0.164. The summed E-state index contributed by atoms with van der Waals surface area (Å²) >= 11 is 0. The van der Waals surface area contributed by atoms with Crippen molar-refractivity contribution in [2.45, 2.75) is 12.2 Å². The molecule has 0 bridgehead atoms. The molecule has 2 nitrogen and oxygen atoms in total. The maximum Gasteiger partial charge on any atom is 0.410 e. The van der Waals surface area contributed by atoms with Crippen molar-refractivity contribution in [1.29, 1.82) is 0 Å². The van der Waals surface area contributed by atoms with Crippen molar-refractivity contribution in [3.05, 3.63) is 36.5 Å². The number of halogens is 3. The molecule has 1 heterocycles. The SMILES string of the molecule is NCC(n1ccc2ccccc21)C(F)(F)F. The Morgan fingerprint density at radius 3 is 2.50 bits per heavy atom. The highest BCUT2D eigenvalue weighted by Gasteiger charge is 2.40. The van der Waals surface area contributed by atoms with E-state index in [-0.39, 0.29) is 0 Å². The van der Waals surface area contributed by atoms with Crippen LogP contribution in [0.3, 0.4) is 0 Å². The summed E-state index contributed by atoms with van der Waals surface area (Å²) in [5.74, 6) is 0. The largest absolute Gasteiger partial charge is 0.410 e. The standard InChI is InChI=1S/C11H11F3N2/c12-11(13,14)10(7-15)16-6-5-8-3-1-2-4-9(8)16/h1-6,10H,7,15H2. The Morgan fingerprint density at radius 1 is 1.19 bits per heavy atom. The van der Waals surface area contributed by atoms with Crippen LogP contribution < -0.4 is 5.73 Å². The van der Waals surface area contributed by atoms with Crippen LogP contribution in [0.15, 0.2) is 36.5 Å². The fourth-order valence-corrected chi connectivity index (χ4v) is 1.78. The number of nitrogens with zero attached hydrogens (tertiary/aromatic N) is 1. The second-order valence-electron chi connectivity index (χ2n) is 3.57. The third-order valence-electron chi connectivity index (χ3n) is 2.57. The Morgan fingerprint density at radius 2 is 1.88 bits per heavy atom. The Kier molecular flexibility index (Phi) is 2.63. The first-order valence-corrected chi connectivity index (χ1v) is 4.86. The average molecular weight is 228 g/mol. The fourth-order valence-electron chi connectivity index (χ4n) is 1.78. The Bertz CT molecular complexity index is 487. The highest BCUT2D eigenvalue weighted by Crippen LogP contribution is 2.32. The van der Waals surface area contributed by atoms with E-state index in [1.54, 1.807) is 30.3 Å². The quantitative estimate of drug-likeness (QED) is 0.841. The molecule has 1 unspecified atom stereocenters. The number of rotatable bonds is 2. The van der Waals surface area contributed by atoms with Crippen LogP contribution in [-0.4, -0.2) is 17.3 Å². The number of aromatic nitrogens is 1. The molecule has 0 aliphatic carbocycles. The molecule has 2 rings (SSSR count). The zero-order valence-electron chi connectivity index (χ0n) is 8.41. The lowest BCUT2D eigenvalue weighted by Crippen LogP contribution is -2.32. The van der Waals surface area contributed by atoms with Crippen LogP contribution in [0.2, 0.25) is 0 Å². The number of nitrogens with two attached hydrogens (primary N) is 1. The summed E-state index contributed by atoms with van der Waals surface area (Å²) in [6, 6.07) is 6.93. The van der Waals surface area contributed by atoms with Gasteiger partial charge in [0.15, 0.2) is 0 Å². The number of fused-ring (bicyclic) bond motifs is 1. The van der Waals surface area contributed by atoms with E-state index >= 15 is 0 Å². The van der Waals surface area contributed by atoms with Crippen LogP contribution in [0.1, 0.15) is 6.04 Å². The van der Waals surface area contributed by atoms with Gasteiger partial charge in [-0.3, -0.25) is 0 Å². The molecule has 0 saturated heterocycles. The van der Waals surface area contributed by atoms with Crippen LogP contribution in [0, 0.1) is 0 Å². The van der Waals surface area contributed by atoms with Crippen molar-refractivity contribution in [1.82, 2.24) is 4.57 Å². The van der Waals surface area contributed by atoms with E-state index in [1.165, 1.54) is 10.8 Å². The van der Waals surface area contributed by atoms with E-state index in [4.69, 9.17) is 5.73 Å². The van der Waals surface area contributed by atoms with Crippen LogP contribution in [0.4, 0.5) is 13.2 Å². The average Bonchev–Trinajstić information content (AvgIpc) is 2.61. The molecule has 0 saturated carbocycles. The molecular formula is C11H11F3N2. The number of alkyl halides is 3. The van der Waals surface area contributed by atoms with Gasteiger partial charge in [0.05, 0.1) is 0 Å². The van der Waals surface area contributed by atoms with Crippen molar-refractivity contribution in [2.75, 3.05) is 6.54 Å². The maximum atomic E-state index is 12.7. The van der Waals surface area contributed by atoms with Gasteiger partial charge in [0, 0.05) is 18.3 Å². The van der Waals surface area contributed by atoms with E-state index in [2.05, 4.69) is 0 Å². The molecule has 0 aliphatic rings. The first-order chi connectivity index (χ1) is 7.54. The third-order valence-corrected chi connectivity index (χ3v) is 2.57. The van der Waals surface area contributed by atoms with Crippen molar-refractivity contribution in [2.24, 2.45) is 5.73 Å². The molecule has 2 aromatic rings. The number of benzene rings is 1. The van der Waals surface area contributed by atoms with Crippen LogP contribution in [0.5, 0.6) is 0 Å². The second kappa shape index (κ2) is 3.83. The first kappa shape index (κ1) is 11.0. The number of hydrogen-bond donors (Lipinski definition) is 1. The molecule has 0 radical (unpaired) electrons. The highest BCUT2D eigenvalue weighted by atomic mass is 19.4. The first-order valence-electron chi connectivity index (χ1n) is 4.86. The van der Waals surface area contributed by atoms with Gasteiger partial charge in [0.1, 0.15) is 6.04 Å². The molecule has 0 amide bonds. The zero-order valence-corrected chi connectivity index (χ0v) is 8.41. The lowest BCUT2D eigenvalue weighted by atomic mass is 10.2. The maximum absolute atomic E-state index is 12.7. The van der Waals surface area contributed by atoms with E-state index in [9.17, 15) is 13.2 Å². The van der Waals surface area contributed by atoms with Crippen molar-refractivity contribution < 1.29 is 13.2 Å². The minimum atomic E-state index is -4.32. The van der Waals surface area contributed by atoms with Crippen LogP contribution in [-0.2, 0) is 0 Å². The highest BCUT2D eigenvalue weighted by molar-refractivity contribution is 5.80. The zero-order chi connectivity index (χ0) is 11.8. The van der Waals surface area contributed by atoms with Gasteiger partial charge in [-0.1, -0.05) is 18.2 Å². The molecule has 1 atom stereocenters. The van der Waals surface area contributed by atoms with Crippen LogP contribution in [0.25, 0.3) is 10.9 Å². The smallest absolute Gasteiger partial charge is 0.334 e. The van der Waals surface area contributed by atoms with Crippen molar-refractivity contribution in [3.8, 4) is 0 Å². The summed E-state index contributed by atoms with van der Waals surface area (Å²) in [7, 11) is 0. The fraction of sp³-hybridized carbons (Fsp3) is 0.273. The van der Waals surface area contributed by atoms with Gasteiger partial charge in [0.25, 0.3) is 0 Å². The van der Waals surface area contributed by atoms with Gasteiger partial charge in [0.2, 0.25) is 0 Å². The summed E-state index contributed by atoms with van der Waals surface area (Å²) in [5, 5.41) is 0.783. The molecule has 0 spiro atoms. The Labute approximate surface area is 90.5 Å². The lowest BCUT2D eigenvalue weighted by Gasteiger charge is -2.21. The van der Waals surface area contributed by atoms with E-state index in [1.807, 2.05) is 0 Å². The summed E-state index contributed by atoms with van der Waals surface area (Å²) < 4.78 is 39.3. The molecule has 86 valence electrons. The normalized spacial score (nSPS) is 14.2. The molecular weight excluding hydrogens is 217 g/mol. The summed E-state index contributed by atoms with van der Waals surface area (Å²) in [6.45, 7) is -0.456. The Balaban J connectivity index is 2.54. The monoisotopic (exact) mass is 228 g/mol. The van der Waals surface area contributed by atoms with Gasteiger partial charge in [-0.25, -0.2) is 0 Å². The van der Waals surface area contributed by atoms with E-state index < -0.39 is 18.8 Å². The topological polar surface area (TPSA) is 30.9 Å². The minimum absolute atomic E-state index is 0.456. The molecule has 1 aromatic heterocycles. The van der Waals surface area contributed by atoms with Crippen LogP contribution >= 0.6 is 0 Å². The van der Waals surface area contributed by atoms with E-state index in [0.717, 1.165) is 5.39 Å². The van der Waals surface area contributed by atoms with Gasteiger partial charge in [-0.2, -0.15) is 13.2 Å². The van der Waals surface area contributed by atoms with Gasteiger partial charge in [-0.05, 0) is 17.5 Å². The number of hydrogen-bond acceptors (Lipinski definition) is 1. The van der Waals surface area contributed by atoms with Crippen molar-refractivity contribution >= 4 is 10.9 Å². The van der Waals surface area contributed by atoms with Gasteiger partial charge < -0.3 is 10.3 Å². The Hall–Kier alpha value is -1.49. The number of para-hydroxylation sites is 1. The molecule has 16 heavy (non-hydrogen) atoms. The van der Waals surface area contributed by atoms with Crippen molar-refractivity contribution in [3.63, 3.8) is 0 Å². The predicted octanol–water partition coefficient (Wildman–Crippen LogP) is 2.70. The molecule has 1 aromatic carbocycles. The molecule has 5 heteroatoms. The summed E-state index contributed by atoms with van der Waals surface area (Å²) in [6.07, 6.45) is -2.90. The molecule has 0 fully saturated rings. The van der Waals surface area contributed by atoms with Gasteiger partial charge in [-0.15, -0.1) is 0 Å². The second-order valence-corrected chi connectivity index (χ2v) is 3.57. The van der Waals surface area contributed by atoms with E-state index in [0.29, 0.717) is 5.52 Å². The minimum Gasteiger partial charge on any atom is -0.334 e. The molecule has 2 N–H and O–H groups in total. The molecule has 0 aliphatic heterocycles. The third kappa shape index (κ3) is 1.78. The van der Waals surface area contributed by atoms with Gasteiger partial charge >= 0.3 is 6.18 Å². The predicted molar refractivity (Wildman–Crippen MR) is 56.1 cm³/mol.